The summed E-state index contributed by atoms with van der Waals surface area (Å²) in [5.41, 5.74) is 10.5. The number of hydrogen-bond acceptors (Lipinski definition) is 4. The summed E-state index contributed by atoms with van der Waals surface area (Å²) in [6, 6.07) is 3.98. The highest BCUT2D eigenvalue weighted by Gasteiger charge is 2.24. The zero-order chi connectivity index (χ0) is 16.0. The van der Waals surface area contributed by atoms with E-state index in [1.54, 1.807) is 6.20 Å². The molecule has 3 aromatic rings. The van der Waals surface area contributed by atoms with Crippen molar-refractivity contribution in [1.29, 1.82) is 0 Å². The van der Waals surface area contributed by atoms with Crippen LogP contribution in [0.4, 0.5) is 5.13 Å². The summed E-state index contributed by atoms with van der Waals surface area (Å²) in [6.07, 6.45) is 4.76. The second-order valence-corrected chi connectivity index (χ2v) is 6.64. The smallest absolute Gasteiger partial charge is 0.270 e. The first-order valence-electron chi connectivity index (χ1n) is 7.44. The number of aromatic nitrogens is 3. The van der Waals surface area contributed by atoms with Gasteiger partial charge >= 0.3 is 0 Å². The van der Waals surface area contributed by atoms with Gasteiger partial charge in [0, 0.05) is 42.6 Å². The van der Waals surface area contributed by atoms with E-state index < -0.39 is 0 Å². The summed E-state index contributed by atoms with van der Waals surface area (Å²) < 4.78 is 2.09. The lowest BCUT2D eigenvalue weighted by atomic mass is 10.1. The molecule has 0 fully saturated rings. The number of nitrogen functional groups attached to an aromatic ring is 1. The minimum atomic E-state index is 0.0197. The van der Waals surface area contributed by atoms with Crippen molar-refractivity contribution in [3.8, 4) is 11.3 Å². The van der Waals surface area contributed by atoms with E-state index >= 15 is 0 Å². The highest BCUT2D eigenvalue weighted by Crippen LogP contribution is 2.25. The van der Waals surface area contributed by atoms with Crippen LogP contribution < -0.4 is 5.73 Å². The molecule has 1 amide bonds. The number of thiazole rings is 1. The van der Waals surface area contributed by atoms with E-state index in [1.807, 2.05) is 23.4 Å². The highest BCUT2D eigenvalue weighted by molar-refractivity contribution is 7.13. The van der Waals surface area contributed by atoms with Crippen LogP contribution in [-0.4, -0.2) is 31.9 Å². The van der Waals surface area contributed by atoms with Crippen molar-refractivity contribution in [1.82, 2.24) is 19.4 Å². The molecular weight excluding hydrogens is 310 g/mol. The number of H-pyrrole nitrogens is 1. The van der Waals surface area contributed by atoms with Crippen molar-refractivity contribution < 1.29 is 4.79 Å². The summed E-state index contributed by atoms with van der Waals surface area (Å²) in [5.74, 6) is 0.0197. The van der Waals surface area contributed by atoms with Gasteiger partial charge in [0.2, 0.25) is 0 Å². The molecule has 23 heavy (non-hydrogen) atoms. The zero-order valence-electron chi connectivity index (χ0n) is 12.7. The van der Waals surface area contributed by atoms with Crippen LogP contribution in [0.2, 0.25) is 0 Å². The van der Waals surface area contributed by atoms with E-state index in [1.165, 1.54) is 22.6 Å². The van der Waals surface area contributed by atoms with E-state index in [9.17, 15) is 4.79 Å². The van der Waals surface area contributed by atoms with Gasteiger partial charge in [0.15, 0.2) is 5.13 Å². The molecule has 0 radical (unpaired) electrons. The van der Waals surface area contributed by atoms with Crippen molar-refractivity contribution in [3.05, 3.63) is 46.9 Å². The van der Waals surface area contributed by atoms with Gasteiger partial charge in [-0.2, -0.15) is 0 Å². The second-order valence-electron chi connectivity index (χ2n) is 5.75. The third-order valence-electron chi connectivity index (χ3n) is 4.31. The number of fused-ring (bicyclic) bond motifs is 1. The number of nitrogens with one attached hydrogen (secondary N) is 1. The second kappa shape index (κ2) is 5.27. The molecular formula is C16H17N5OS. The lowest BCUT2D eigenvalue weighted by Gasteiger charge is -2.27. The topological polar surface area (TPSA) is 79.9 Å². The molecule has 0 saturated carbocycles. The van der Waals surface area contributed by atoms with Crippen molar-refractivity contribution in [2.75, 3.05) is 12.3 Å². The maximum absolute atomic E-state index is 12.7. The lowest BCUT2D eigenvalue weighted by Crippen LogP contribution is -2.36. The number of carbonyl (C=O) groups is 1. The van der Waals surface area contributed by atoms with Crippen molar-refractivity contribution in [2.45, 2.75) is 13.0 Å². The molecule has 3 aromatic heterocycles. The Labute approximate surface area is 137 Å². The van der Waals surface area contributed by atoms with Crippen LogP contribution in [0.15, 0.2) is 29.9 Å². The van der Waals surface area contributed by atoms with Gasteiger partial charge in [-0.15, -0.1) is 11.3 Å². The fourth-order valence-electron chi connectivity index (χ4n) is 3.00. The fraction of sp³-hybridized carbons (Fsp3) is 0.250. The Bertz CT molecular complexity index is 875. The molecule has 7 heteroatoms. The van der Waals surface area contributed by atoms with Gasteiger partial charge in [-0.1, -0.05) is 0 Å². The van der Waals surface area contributed by atoms with Crippen LogP contribution in [0, 0.1) is 0 Å². The molecule has 1 aliphatic heterocycles. The number of aryl methyl sites for hydroxylation is 1. The highest BCUT2D eigenvalue weighted by atomic mass is 32.1. The van der Waals surface area contributed by atoms with Gasteiger partial charge in [0.25, 0.3) is 5.91 Å². The third kappa shape index (κ3) is 2.43. The third-order valence-corrected chi connectivity index (χ3v) is 4.98. The number of hydrogen-bond donors (Lipinski definition) is 2. The molecule has 0 bridgehead atoms. The van der Waals surface area contributed by atoms with Crippen LogP contribution in [0.5, 0.6) is 0 Å². The van der Waals surface area contributed by atoms with Crippen molar-refractivity contribution in [2.24, 2.45) is 7.05 Å². The van der Waals surface area contributed by atoms with Crippen molar-refractivity contribution in [3.63, 3.8) is 0 Å². The van der Waals surface area contributed by atoms with E-state index in [-0.39, 0.29) is 5.91 Å². The standard InChI is InChI=1S/C16H17N5OS/c1-20-4-2-10-3-5-21(8-14(10)20)15(22)12-6-11(7-18-12)13-9-23-16(17)19-13/h2,4,6-7,9,18H,3,5,8H2,1H3,(H2,17,19). The Kier molecular flexibility index (Phi) is 3.23. The van der Waals surface area contributed by atoms with E-state index in [2.05, 4.69) is 26.8 Å². The molecule has 0 unspecified atom stereocenters. The largest absolute Gasteiger partial charge is 0.375 e. The normalized spacial score (nSPS) is 14.0. The molecule has 0 saturated heterocycles. The Hall–Kier alpha value is -2.54. The number of carbonyl (C=O) groups excluding carboxylic acids is 1. The van der Waals surface area contributed by atoms with Gasteiger partial charge in [-0.25, -0.2) is 4.98 Å². The molecule has 0 aliphatic carbocycles. The summed E-state index contributed by atoms with van der Waals surface area (Å²) in [5, 5.41) is 2.42. The van der Waals surface area contributed by atoms with E-state index in [0.29, 0.717) is 17.4 Å². The Balaban J connectivity index is 1.56. The molecule has 0 aromatic carbocycles. The van der Waals surface area contributed by atoms with Gasteiger partial charge < -0.3 is 20.2 Å². The Morgan fingerprint density at radius 3 is 3.13 bits per heavy atom. The molecule has 3 N–H and O–H groups in total. The van der Waals surface area contributed by atoms with Crippen LogP contribution in [0.1, 0.15) is 21.7 Å². The number of nitrogens with two attached hydrogens (primary N) is 1. The lowest BCUT2D eigenvalue weighted by molar-refractivity contribution is 0.0725. The molecule has 1 aliphatic rings. The number of anilines is 1. The van der Waals surface area contributed by atoms with Crippen molar-refractivity contribution >= 4 is 22.4 Å². The van der Waals surface area contributed by atoms with E-state index in [0.717, 1.165) is 24.2 Å². The molecule has 118 valence electrons. The Morgan fingerprint density at radius 2 is 2.35 bits per heavy atom. The SMILES string of the molecule is Cn1ccc2c1CN(C(=O)c1cc(-c3csc(N)n3)c[nH]1)CC2. The summed E-state index contributed by atoms with van der Waals surface area (Å²) in [6.45, 7) is 1.39. The predicted molar refractivity (Wildman–Crippen MR) is 90.2 cm³/mol. The van der Waals surface area contributed by atoms with E-state index in [4.69, 9.17) is 5.73 Å². The van der Waals surface area contributed by atoms with Gasteiger partial charge in [-0.05, 0) is 24.1 Å². The number of aromatic amines is 1. The summed E-state index contributed by atoms with van der Waals surface area (Å²) >= 11 is 1.39. The van der Waals surface area contributed by atoms with Crippen LogP contribution in [0.25, 0.3) is 11.3 Å². The number of amides is 1. The summed E-state index contributed by atoms with van der Waals surface area (Å²) in [7, 11) is 2.02. The molecule has 6 nitrogen and oxygen atoms in total. The quantitative estimate of drug-likeness (QED) is 0.757. The maximum atomic E-state index is 12.7. The minimum absolute atomic E-state index is 0.0197. The number of rotatable bonds is 2. The van der Waals surface area contributed by atoms with Gasteiger partial charge in [-0.3, -0.25) is 4.79 Å². The first kappa shape index (κ1) is 14.1. The number of nitrogens with zero attached hydrogens (tertiary/aromatic N) is 3. The van der Waals surface area contributed by atoms with Gasteiger partial charge in [0.1, 0.15) is 5.69 Å². The minimum Gasteiger partial charge on any atom is -0.375 e. The Morgan fingerprint density at radius 1 is 1.48 bits per heavy atom. The maximum Gasteiger partial charge on any atom is 0.270 e. The van der Waals surface area contributed by atoms with Crippen LogP contribution in [-0.2, 0) is 20.0 Å². The fourth-order valence-corrected chi connectivity index (χ4v) is 3.57. The average Bonchev–Trinajstić information content (AvgIpc) is 3.27. The zero-order valence-corrected chi connectivity index (χ0v) is 13.6. The monoisotopic (exact) mass is 327 g/mol. The average molecular weight is 327 g/mol. The molecule has 4 rings (SSSR count). The first-order valence-corrected chi connectivity index (χ1v) is 8.32. The van der Waals surface area contributed by atoms with Crippen LogP contribution in [0.3, 0.4) is 0 Å². The molecule has 4 heterocycles. The predicted octanol–water partition coefficient (Wildman–Crippen LogP) is 2.26. The summed E-state index contributed by atoms with van der Waals surface area (Å²) in [4.78, 5) is 21.9. The molecule has 0 atom stereocenters. The molecule has 0 spiro atoms. The van der Waals surface area contributed by atoms with Crippen LogP contribution >= 0.6 is 11.3 Å². The van der Waals surface area contributed by atoms with Gasteiger partial charge in [0.05, 0.1) is 12.2 Å². The first-order chi connectivity index (χ1) is 11.1.